The molecule has 2 amide bonds. The first-order valence-corrected chi connectivity index (χ1v) is 7.49. The van der Waals surface area contributed by atoms with Crippen LogP contribution in [0.15, 0.2) is 0 Å². The second-order valence-corrected chi connectivity index (χ2v) is 6.17. The molecule has 0 aromatic rings. The van der Waals surface area contributed by atoms with Crippen molar-refractivity contribution in [2.75, 3.05) is 0 Å². The molecule has 0 radical (unpaired) electrons. The maximum Gasteiger partial charge on any atom is 0.230 e. The second-order valence-electron chi connectivity index (χ2n) is 6.17. The van der Waals surface area contributed by atoms with Gasteiger partial charge in [0.15, 0.2) is 0 Å². The zero-order valence-corrected chi connectivity index (χ0v) is 14.4. The lowest BCUT2D eigenvalue weighted by Gasteiger charge is -2.38. The lowest BCUT2D eigenvalue weighted by atomic mass is 9.81. The summed E-state index contributed by atoms with van der Waals surface area (Å²) < 4.78 is 0. The van der Waals surface area contributed by atoms with Gasteiger partial charge in [-0.2, -0.15) is 0 Å². The van der Waals surface area contributed by atoms with Crippen molar-refractivity contribution in [3.8, 4) is 0 Å². The summed E-state index contributed by atoms with van der Waals surface area (Å²) in [5, 5.41) is 0. The molecule has 1 fully saturated rings. The predicted octanol–water partition coefficient (Wildman–Crippen LogP) is 4.40. The third kappa shape index (κ3) is 6.74. The lowest BCUT2D eigenvalue weighted by Crippen LogP contribution is -2.49. The topological polar surface area (TPSA) is 37.4 Å². The van der Waals surface area contributed by atoms with Crippen LogP contribution in [-0.4, -0.2) is 22.3 Å². The molecule has 114 valence electrons. The molecule has 1 saturated heterocycles. The average Bonchev–Trinajstić information content (AvgIpc) is 2.61. The molecule has 0 aromatic carbocycles. The first kappa shape index (κ1) is 20.5. The summed E-state index contributed by atoms with van der Waals surface area (Å²) in [6, 6.07) is 0. The molecule has 0 bridgehead atoms. The van der Waals surface area contributed by atoms with Gasteiger partial charge in [0.05, 0.1) is 0 Å². The van der Waals surface area contributed by atoms with Crippen LogP contribution >= 0.6 is 0 Å². The van der Waals surface area contributed by atoms with Gasteiger partial charge in [0.2, 0.25) is 11.8 Å². The number of nitrogens with zero attached hydrogens (tertiary/aromatic N) is 1. The van der Waals surface area contributed by atoms with E-state index in [1.807, 2.05) is 41.5 Å². The zero-order chi connectivity index (χ0) is 15.9. The molecule has 0 N–H and O–H groups in total. The van der Waals surface area contributed by atoms with E-state index in [2.05, 4.69) is 20.8 Å². The van der Waals surface area contributed by atoms with E-state index in [0.29, 0.717) is 12.8 Å². The highest BCUT2D eigenvalue weighted by Crippen LogP contribution is 2.34. The summed E-state index contributed by atoms with van der Waals surface area (Å²) in [7, 11) is 0. The summed E-state index contributed by atoms with van der Waals surface area (Å²) in [5.74, 6) is -0.0384. The molecule has 19 heavy (non-hydrogen) atoms. The van der Waals surface area contributed by atoms with Gasteiger partial charge < -0.3 is 0 Å². The highest BCUT2D eigenvalue weighted by atomic mass is 16.2. The molecule has 0 unspecified atom stereocenters. The molecular weight excluding hydrogens is 238 g/mol. The zero-order valence-electron chi connectivity index (χ0n) is 14.4. The highest BCUT2D eigenvalue weighted by Gasteiger charge is 2.41. The van der Waals surface area contributed by atoms with Crippen molar-refractivity contribution in [1.29, 1.82) is 0 Å². The summed E-state index contributed by atoms with van der Waals surface area (Å²) in [6.45, 7) is 18.3. The molecule has 0 aromatic heterocycles. The Hall–Kier alpha value is -0.860. The fraction of sp³-hybridized carbons (Fsp3) is 0.875. The van der Waals surface area contributed by atoms with Crippen molar-refractivity contribution >= 4 is 11.8 Å². The number of carbonyl (C=O) groups excluding carboxylic acids is 2. The van der Waals surface area contributed by atoms with Gasteiger partial charge in [0, 0.05) is 18.4 Å². The Kier molecular flexibility index (Phi) is 8.98. The Bertz CT molecular complexity index is 272. The average molecular weight is 271 g/mol. The van der Waals surface area contributed by atoms with E-state index >= 15 is 0 Å². The van der Waals surface area contributed by atoms with Gasteiger partial charge >= 0.3 is 0 Å². The van der Waals surface area contributed by atoms with Crippen LogP contribution in [0.1, 0.15) is 81.6 Å². The van der Waals surface area contributed by atoms with E-state index in [4.69, 9.17) is 0 Å². The van der Waals surface area contributed by atoms with Crippen LogP contribution in [0.5, 0.6) is 0 Å². The van der Waals surface area contributed by atoms with Crippen molar-refractivity contribution in [2.24, 2.45) is 5.41 Å². The standard InChI is InChI=1S/C12H21NO2.2C2H6/c1-11(2,3)8-12(4,5)13-9(14)6-7-10(13)15;2*1-2/h6-8H2,1-5H3;2*1-2H3. The molecule has 3 heteroatoms. The van der Waals surface area contributed by atoms with Crippen molar-refractivity contribution in [2.45, 2.75) is 87.1 Å². The van der Waals surface area contributed by atoms with Gasteiger partial charge in [-0.05, 0) is 25.7 Å². The molecule has 1 aliphatic heterocycles. The molecule has 0 aliphatic carbocycles. The van der Waals surface area contributed by atoms with Crippen molar-refractivity contribution < 1.29 is 9.59 Å². The summed E-state index contributed by atoms with van der Waals surface area (Å²) in [5.41, 5.74) is -0.241. The molecule has 0 saturated carbocycles. The maximum atomic E-state index is 11.6. The maximum absolute atomic E-state index is 11.6. The first-order valence-electron chi connectivity index (χ1n) is 7.49. The number of likely N-dealkylation sites (tertiary alicyclic amines) is 1. The molecular formula is C16H33NO2. The third-order valence-electron chi connectivity index (χ3n) is 2.62. The van der Waals surface area contributed by atoms with Crippen molar-refractivity contribution in [3.05, 3.63) is 0 Å². The van der Waals surface area contributed by atoms with Gasteiger partial charge in [-0.3, -0.25) is 14.5 Å². The predicted molar refractivity (Wildman–Crippen MR) is 81.9 cm³/mol. The Labute approximate surface area is 119 Å². The number of hydrogen-bond donors (Lipinski definition) is 0. The lowest BCUT2D eigenvalue weighted by molar-refractivity contribution is -0.145. The number of imide groups is 1. The van der Waals surface area contributed by atoms with Crippen LogP contribution in [0, 0.1) is 5.41 Å². The number of carbonyl (C=O) groups is 2. The Morgan fingerprint density at radius 3 is 1.42 bits per heavy atom. The summed E-state index contributed by atoms with van der Waals surface area (Å²) in [4.78, 5) is 24.7. The highest BCUT2D eigenvalue weighted by molar-refractivity contribution is 6.02. The van der Waals surface area contributed by atoms with Crippen LogP contribution in [0.2, 0.25) is 0 Å². The van der Waals surface area contributed by atoms with Gasteiger partial charge in [-0.15, -0.1) is 0 Å². The fourth-order valence-electron chi connectivity index (χ4n) is 2.63. The van der Waals surface area contributed by atoms with Gasteiger partial charge in [0.1, 0.15) is 0 Å². The van der Waals surface area contributed by atoms with Crippen LogP contribution in [0.4, 0.5) is 0 Å². The first-order chi connectivity index (χ1) is 8.63. The Balaban J connectivity index is 0. The van der Waals surface area contributed by atoms with Crippen LogP contribution < -0.4 is 0 Å². The van der Waals surface area contributed by atoms with Gasteiger partial charge in [-0.25, -0.2) is 0 Å². The minimum absolute atomic E-state index is 0.0192. The number of hydrogen-bond acceptors (Lipinski definition) is 2. The molecule has 1 aliphatic rings. The Morgan fingerprint density at radius 1 is 0.842 bits per heavy atom. The Morgan fingerprint density at radius 2 is 1.16 bits per heavy atom. The normalized spacial score (nSPS) is 15.5. The smallest absolute Gasteiger partial charge is 0.230 e. The monoisotopic (exact) mass is 271 g/mol. The minimum atomic E-state index is -0.358. The fourth-order valence-corrected chi connectivity index (χ4v) is 2.63. The summed E-state index contributed by atoms with van der Waals surface area (Å²) >= 11 is 0. The van der Waals surface area contributed by atoms with E-state index in [9.17, 15) is 9.59 Å². The van der Waals surface area contributed by atoms with E-state index in [-0.39, 0.29) is 22.8 Å². The van der Waals surface area contributed by atoms with Gasteiger partial charge in [-0.1, -0.05) is 48.5 Å². The SMILES string of the molecule is CC.CC.CC(C)(C)CC(C)(C)N1C(=O)CCC1=O. The summed E-state index contributed by atoms with van der Waals surface area (Å²) in [6.07, 6.45) is 1.59. The van der Waals surface area contributed by atoms with E-state index in [1.165, 1.54) is 4.90 Å². The molecule has 1 rings (SSSR count). The van der Waals surface area contributed by atoms with Crippen LogP contribution in [0.25, 0.3) is 0 Å². The number of amides is 2. The van der Waals surface area contributed by atoms with Gasteiger partial charge in [0.25, 0.3) is 0 Å². The molecule has 3 nitrogen and oxygen atoms in total. The number of rotatable bonds is 2. The van der Waals surface area contributed by atoms with E-state index < -0.39 is 0 Å². The second kappa shape index (κ2) is 8.34. The molecule has 0 atom stereocenters. The largest absolute Gasteiger partial charge is 0.277 e. The van der Waals surface area contributed by atoms with Crippen LogP contribution in [-0.2, 0) is 9.59 Å². The van der Waals surface area contributed by atoms with Crippen molar-refractivity contribution in [1.82, 2.24) is 4.90 Å². The molecule has 1 heterocycles. The van der Waals surface area contributed by atoms with E-state index in [0.717, 1.165) is 6.42 Å². The van der Waals surface area contributed by atoms with Crippen molar-refractivity contribution in [3.63, 3.8) is 0 Å². The van der Waals surface area contributed by atoms with E-state index in [1.54, 1.807) is 0 Å². The van der Waals surface area contributed by atoms with Crippen LogP contribution in [0.3, 0.4) is 0 Å². The molecule has 0 spiro atoms. The quantitative estimate of drug-likeness (QED) is 0.698. The third-order valence-corrected chi connectivity index (χ3v) is 2.62. The minimum Gasteiger partial charge on any atom is -0.277 e.